The van der Waals surface area contributed by atoms with Gasteiger partial charge in [-0.2, -0.15) is 0 Å². The van der Waals surface area contributed by atoms with Crippen LogP contribution in [-0.2, 0) is 29.2 Å². The lowest BCUT2D eigenvalue weighted by Gasteiger charge is -2.66. The van der Waals surface area contributed by atoms with Crippen LogP contribution in [0.3, 0.4) is 0 Å². The first kappa shape index (κ1) is 21.4. The van der Waals surface area contributed by atoms with Gasteiger partial charge in [-0.25, -0.2) is 9.59 Å². The van der Waals surface area contributed by atoms with Crippen LogP contribution >= 0.6 is 0 Å². The van der Waals surface area contributed by atoms with Gasteiger partial charge >= 0.3 is 11.9 Å². The van der Waals surface area contributed by atoms with Gasteiger partial charge in [0.15, 0.2) is 6.29 Å². The highest BCUT2D eigenvalue weighted by Gasteiger charge is 2.74. The van der Waals surface area contributed by atoms with Crippen molar-refractivity contribution in [1.82, 2.24) is 0 Å². The first-order chi connectivity index (χ1) is 15.2. The number of rotatable bonds is 3. The van der Waals surface area contributed by atoms with E-state index in [4.69, 9.17) is 14.2 Å². The number of ether oxygens (including phenoxy) is 3. The van der Waals surface area contributed by atoms with Crippen LogP contribution in [0, 0.1) is 17.3 Å². The van der Waals surface area contributed by atoms with E-state index in [1.54, 1.807) is 6.92 Å². The molecule has 7 nitrogen and oxygen atoms in total. The van der Waals surface area contributed by atoms with Crippen molar-refractivity contribution in [3.8, 4) is 0 Å². The van der Waals surface area contributed by atoms with Gasteiger partial charge in [-0.15, -0.1) is 0 Å². The normalized spacial score (nSPS) is 42.5. The van der Waals surface area contributed by atoms with Crippen LogP contribution < -0.4 is 0 Å². The van der Waals surface area contributed by atoms with E-state index in [1.807, 2.05) is 30.3 Å². The lowest BCUT2D eigenvalue weighted by atomic mass is 9.43. The summed E-state index contributed by atoms with van der Waals surface area (Å²) in [7, 11) is 0. The summed E-state index contributed by atoms with van der Waals surface area (Å²) in [4.78, 5) is 25.1. The molecule has 0 unspecified atom stereocenters. The molecule has 0 radical (unpaired) electrons. The second-order valence-electron chi connectivity index (χ2n) is 9.68. The number of esters is 2. The molecule has 2 aliphatic heterocycles. The van der Waals surface area contributed by atoms with E-state index >= 15 is 0 Å². The standard InChI is InChI=1S/C25H28O7/c1-13(2)21(27)31-16-11-25-17(26)9-10-24(12-30-23(25)29,15-7-5-4-6-8-15)20(25)19-18(16)14(3)22(28)32-19/h4-8,16-20,23,26,29H,1,3,9-12H2,2H3/t16-,17+,18+,19-,20-,23+,24+,25+/m0/s1. The van der Waals surface area contributed by atoms with Gasteiger partial charge in [0.25, 0.3) is 0 Å². The largest absolute Gasteiger partial charge is 0.458 e. The van der Waals surface area contributed by atoms with Crippen molar-refractivity contribution in [2.45, 2.75) is 56.2 Å². The van der Waals surface area contributed by atoms with E-state index in [0.717, 1.165) is 5.56 Å². The molecule has 2 heterocycles. The summed E-state index contributed by atoms with van der Waals surface area (Å²) in [5, 5.41) is 22.4. The van der Waals surface area contributed by atoms with Gasteiger partial charge in [-0.3, -0.25) is 0 Å². The maximum atomic E-state index is 12.7. The van der Waals surface area contributed by atoms with Crippen molar-refractivity contribution in [2.75, 3.05) is 6.61 Å². The van der Waals surface area contributed by atoms with Crippen LogP contribution in [0.1, 0.15) is 31.7 Å². The topological polar surface area (TPSA) is 102 Å². The predicted octanol–water partition coefficient (Wildman–Crippen LogP) is 2.02. The molecule has 32 heavy (non-hydrogen) atoms. The molecule has 2 aliphatic carbocycles. The molecule has 2 N–H and O–H groups in total. The molecule has 2 saturated heterocycles. The summed E-state index contributed by atoms with van der Waals surface area (Å²) < 4.78 is 17.5. The van der Waals surface area contributed by atoms with Crippen molar-refractivity contribution in [3.63, 3.8) is 0 Å². The van der Waals surface area contributed by atoms with Gasteiger partial charge in [-0.05, 0) is 31.7 Å². The molecular weight excluding hydrogens is 412 g/mol. The van der Waals surface area contributed by atoms with Crippen LogP contribution in [0.25, 0.3) is 0 Å². The first-order valence-electron chi connectivity index (χ1n) is 11.0. The lowest BCUT2D eigenvalue weighted by Crippen LogP contribution is -2.73. The summed E-state index contributed by atoms with van der Waals surface area (Å²) in [6.45, 7) is 9.37. The van der Waals surface area contributed by atoms with E-state index in [-0.39, 0.29) is 24.2 Å². The summed E-state index contributed by atoms with van der Waals surface area (Å²) in [5.74, 6) is -2.13. The van der Waals surface area contributed by atoms with Crippen molar-refractivity contribution in [1.29, 1.82) is 0 Å². The number of fused-ring (bicyclic) bond motifs is 1. The minimum absolute atomic E-state index is 0.129. The third-order valence-corrected chi connectivity index (χ3v) is 8.12. The van der Waals surface area contributed by atoms with Gasteiger partial charge in [0, 0.05) is 22.5 Å². The Labute approximate surface area is 186 Å². The highest BCUT2D eigenvalue weighted by molar-refractivity contribution is 5.91. The van der Waals surface area contributed by atoms with E-state index in [9.17, 15) is 19.8 Å². The van der Waals surface area contributed by atoms with Gasteiger partial charge in [0.05, 0.1) is 24.0 Å². The minimum Gasteiger partial charge on any atom is -0.458 e. The number of carbonyl (C=O) groups is 2. The van der Waals surface area contributed by atoms with Crippen molar-refractivity contribution in [2.24, 2.45) is 17.3 Å². The van der Waals surface area contributed by atoms with Crippen LogP contribution in [0.5, 0.6) is 0 Å². The smallest absolute Gasteiger partial charge is 0.334 e. The summed E-state index contributed by atoms with van der Waals surface area (Å²) in [5.41, 5.74) is -0.255. The van der Waals surface area contributed by atoms with Crippen LogP contribution in [0.15, 0.2) is 54.6 Å². The van der Waals surface area contributed by atoms with E-state index < -0.39 is 59.2 Å². The second kappa shape index (κ2) is 7.27. The molecule has 0 spiro atoms. The first-order valence-corrected chi connectivity index (χ1v) is 11.0. The fraction of sp³-hybridized carbons (Fsp3) is 0.520. The van der Waals surface area contributed by atoms with E-state index in [2.05, 4.69) is 13.2 Å². The molecule has 4 fully saturated rings. The zero-order valence-electron chi connectivity index (χ0n) is 18.0. The van der Waals surface area contributed by atoms with Crippen molar-refractivity contribution in [3.05, 3.63) is 60.2 Å². The zero-order valence-corrected chi connectivity index (χ0v) is 18.0. The molecule has 1 aromatic carbocycles. The Kier molecular flexibility index (Phi) is 4.85. The highest BCUT2D eigenvalue weighted by Crippen LogP contribution is 2.66. The van der Waals surface area contributed by atoms with Gasteiger partial charge in [-0.1, -0.05) is 43.5 Å². The number of hydrogen-bond donors (Lipinski definition) is 2. The maximum absolute atomic E-state index is 12.7. The fourth-order valence-corrected chi connectivity index (χ4v) is 6.71. The third kappa shape index (κ3) is 2.71. The van der Waals surface area contributed by atoms with E-state index in [1.165, 1.54) is 0 Å². The molecule has 170 valence electrons. The van der Waals surface area contributed by atoms with Crippen molar-refractivity contribution < 1.29 is 34.0 Å². The monoisotopic (exact) mass is 440 g/mol. The van der Waals surface area contributed by atoms with Gasteiger partial charge in [0.2, 0.25) is 0 Å². The number of hydrogen-bond acceptors (Lipinski definition) is 7. The molecule has 4 aliphatic rings. The summed E-state index contributed by atoms with van der Waals surface area (Å²) in [6.07, 6.45) is -2.54. The Hall–Kier alpha value is -2.48. The average Bonchev–Trinajstić information content (AvgIpc) is 3.08. The summed E-state index contributed by atoms with van der Waals surface area (Å²) in [6, 6.07) is 9.84. The molecule has 2 saturated carbocycles. The Balaban J connectivity index is 1.68. The quantitative estimate of drug-likeness (QED) is 0.548. The fourth-order valence-electron chi connectivity index (χ4n) is 6.71. The highest BCUT2D eigenvalue weighted by atomic mass is 16.6. The molecule has 5 rings (SSSR count). The number of carbonyl (C=O) groups excluding carboxylic acids is 2. The molecule has 0 aromatic heterocycles. The number of aliphatic hydroxyl groups is 2. The minimum atomic E-state index is -1.29. The second-order valence-corrected chi connectivity index (χ2v) is 9.68. The number of benzene rings is 1. The Morgan fingerprint density at radius 1 is 1.25 bits per heavy atom. The van der Waals surface area contributed by atoms with Crippen LogP contribution in [0.4, 0.5) is 0 Å². The van der Waals surface area contributed by atoms with Crippen molar-refractivity contribution >= 4 is 11.9 Å². The predicted molar refractivity (Wildman–Crippen MR) is 113 cm³/mol. The molecule has 8 atom stereocenters. The molecule has 1 aromatic rings. The van der Waals surface area contributed by atoms with Gasteiger partial charge in [0.1, 0.15) is 12.2 Å². The molecule has 7 heteroatoms. The van der Waals surface area contributed by atoms with Gasteiger partial charge < -0.3 is 24.4 Å². The summed E-state index contributed by atoms with van der Waals surface area (Å²) >= 11 is 0. The Morgan fingerprint density at radius 2 is 1.97 bits per heavy atom. The Morgan fingerprint density at radius 3 is 2.66 bits per heavy atom. The van der Waals surface area contributed by atoms with Crippen LogP contribution in [-0.4, -0.2) is 53.4 Å². The molecular formula is C25H28O7. The Bertz CT molecular complexity index is 969. The van der Waals surface area contributed by atoms with Crippen LogP contribution in [0.2, 0.25) is 0 Å². The van der Waals surface area contributed by atoms with E-state index in [0.29, 0.717) is 12.8 Å². The number of aliphatic hydroxyl groups excluding tert-OH is 2. The zero-order chi connectivity index (χ0) is 22.8. The lowest BCUT2D eigenvalue weighted by molar-refractivity contribution is -0.334. The average molecular weight is 440 g/mol. The SMILES string of the molecule is C=C(C)C(=O)O[C@H]1C[C@]23[C@H](O)CC[C@](c4ccccc4)(CO[C@H]2O)[C@@H]3[C@H]2OC(=O)C(=C)[C@@H]21. The molecule has 0 amide bonds. The molecule has 2 bridgehead atoms. The maximum Gasteiger partial charge on any atom is 0.334 e. The third-order valence-electron chi connectivity index (χ3n) is 8.12.